The van der Waals surface area contributed by atoms with Gasteiger partial charge in [0.2, 0.25) is 0 Å². The summed E-state index contributed by atoms with van der Waals surface area (Å²) in [6.07, 6.45) is 5.18. The molecule has 78 valence electrons. The summed E-state index contributed by atoms with van der Waals surface area (Å²) >= 11 is 17.3. The Morgan fingerprint density at radius 3 is 2.71 bits per heavy atom. The third-order valence-electron chi connectivity index (χ3n) is 2.74. The fourth-order valence-corrected chi connectivity index (χ4v) is 3.83. The summed E-state index contributed by atoms with van der Waals surface area (Å²) in [7, 11) is 0. The van der Waals surface area contributed by atoms with Gasteiger partial charge in [-0.05, 0) is 34.3 Å². The van der Waals surface area contributed by atoms with Crippen molar-refractivity contribution in [3.05, 3.63) is 19.8 Å². The van der Waals surface area contributed by atoms with E-state index in [-0.39, 0.29) is 5.38 Å². The monoisotopic (exact) mass is 312 g/mol. The number of thiophene rings is 1. The van der Waals surface area contributed by atoms with Gasteiger partial charge >= 0.3 is 0 Å². The van der Waals surface area contributed by atoms with Gasteiger partial charge in [-0.15, -0.1) is 22.9 Å². The molecular weight excluding hydrogens is 303 g/mol. The van der Waals surface area contributed by atoms with Crippen LogP contribution in [0.15, 0.2) is 10.5 Å². The second-order valence-corrected chi connectivity index (χ2v) is 6.84. The summed E-state index contributed by atoms with van der Waals surface area (Å²) in [5.74, 6) is 0.845. The maximum atomic E-state index is 6.33. The van der Waals surface area contributed by atoms with Crippen molar-refractivity contribution in [2.75, 3.05) is 0 Å². The number of rotatable bonds is 3. The zero-order valence-electron chi connectivity index (χ0n) is 7.60. The lowest BCUT2D eigenvalue weighted by Gasteiger charge is -2.26. The van der Waals surface area contributed by atoms with Crippen molar-refractivity contribution in [2.45, 2.75) is 31.1 Å². The van der Waals surface area contributed by atoms with Crippen LogP contribution >= 0.6 is 50.5 Å². The fraction of sp³-hybridized carbons (Fsp3) is 0.600. The quantitative estimate of drug-likeness (QED) is 0.634. The molecule has 1 aliphatic carbocycles. The minimum absolute atomic E-state index is 0.147. The van der Waals surface area contributed by atoms with Crippen molar-refractivity contribution in [3.8, 4) is 0 Å². The van der Waals surface area contributed by atoms with Crippen LogP contribution in [0.4, 0.5) is 0 Å². The number of hydrogen-bond acceptors (Lipinski definition) is 1. The highest BCUT2D eigenvalue weighted by Crippen LogP contribution is 2.42. The van der Waals surface area contributed by atoms with Gasteiger partial charge in [-0.2, -0.15) is 0 Å². The second kappa shape index (κ2) is 4.73. The van der Waals surface area contributed by atoms with Gasteiger partial charge in [0.05, 0.1) is 5.38 Å². The van der Waals surface area contributed by atoms with Crippen molar-refractivity contribution >= 4 is 50.5 Å². The predicted molar refractivity (Wildman–Crippen MR) is 67.6 cm³/mol. The molecular formula is C10H11BrCl2S. The van der Waals surface area contributed by atoms with E-state index in [0.717, 1.165) is 21.1 Å². The van der Waals surface area contributed by atoms with Gasteiger partial charge in [-0.1, -0.05) is 30.9 Å². The predicted octanol–water partition coefficient (Wildman–Crippen LogP) is 5.63. The molecule has 1 fully saturated rings. The molecule has 1 saturated carbocycles. The van der Waals surface area contributed by atoms with E-state index in [2.05, 4.69) is 15.9 Å². The third-order valence-corrected chi connectivity index (χ3v) is 5.87. The average molecular weight is 314 g/mol. The lowest BCUT2D eigenvalue weighted by Crippen LogP contribution is -2.12. The number of alkyl halides is 1. The molecule has 4 heteroatoms. The molecule has 1 unspecified atom stereocenters. The zero-order valence-corrected chi connectivity index (χ0v) is 11.5. The van der Waals surface area contributed by atoms with Crippen LogP contribution in [0.2, 0.25) is 4.34 Å². The molecule has 1 heterocycles. The van der Waals surface area contributed by atoms with Gasteiger partial charge in [0, 0.05) is 9.35 Å². The standard InChI is InChI=1S/C10H11BrCl2S/c11-7-5-9(14-10(7)13)8(12)4-6-2-1-3-6/h5-6,8H,1-4H2. The maximum Gasteiger partial charge on any atom is 0.107 e. The Labute approximate surface area is 107 Å². The first-order chi connectivity index (χ1) is 6.66. The molecule has 0 spiro atoms. The Hall–Kier alpha value is 0.760. The Kier molecular flexibility index (Phi) is 3.80. The molecule has 1 aromatic rings. The Balaban J connectivity index is 1.98. The van der Waals surface area contributed by atoms with Gasteiger partial charge in [-0.3, -0.25) is 0 Å². The molecule has 0 N–H and O–H groups in total. The van der Waals surface area contributed by atoms with Gasteiger partial charge in [0.1, 0.15) is 4.34 Å². The molecule has 1 aromatic heterocycles. The first kappa shape index (κ1) is 11.3. The molecule has 1 aliphatic rings. The highest BCUT2D eigenvalue weighted by atomic mass is 79.9. The molecule has 0 nitrogen and oxygen atoms in total. The van der Waals surface area contributed by atoms with E-state index < -0.39 is 0 Å². The van der Waals surface area contributed by atoms with Crippen LogP contribution in [0, 0.1) is 5.92 Å². The van der Waals surface area contributed by atoms with Gasteiger partial charge in [0.25, 0.3) is 0 Å². The summed E-state index contributed by atoms with van der Waals surface area (Å²) in [4.78, 5) is 1.19. The summed E-state index contributed by atoms with van der Waals surface area (Å²) in [6, 6.07) is 2.04. The Morgan fingerprint density at radius 1 is 1.57 bits per heavy atom. The molecule has 1 atom stereocenters. The Morgan fingerprint density at radius 2 is 2.29 bits per heavy atom. The smallest absolute Gasteiger partial charge is 0.107 e. The first-order valence-corrected chi connectivity index (χ1v) is 7.18. The lowest BCUT2D eigenvalue weighted by molar-refractivity contribution is 0.294. The van der Waals surface area contributed by atoms with Gasteiger partial charge in [0.15, 0.2) is 0 Å². The minimum atomic E-state index is 0.147. The molecule has 0 aliphatic heterocycles. The first-order valence-electron chi connectivity index (χ1n) is 4.75. The van der Waals surface area contributed by atoms with Crippen molar-refractivity contribution in [2.24, 2.45) is 5.92 Å². The van der Waals surface area contributed by atoms with E-state index >= 15 is 0 Å². The number of hydrogen-bond donors (Lipinski definition) is 0. The van der Waals surface area contributed by atoms with Crippen LogP contribution in [0.3, 0.4) is 0 Å². The van der Waals surface area contributed by atoms with Crippen molar-refractivity contribution in [1.29, 1.82) is 0 Å². The van der Waals surface area contributed by atoms with Crippen LogP contribution in [-0.2, 0) is 0 Å². The van der Waals surface area contributed by atoms with Crippen LogP contribution < -0.4 is 0 Å². The van der Waals surface area contributed by atoms with Crippen LogP contribution in [0.5, 0.6) is 0 Å². The van der Waals surface area contributed by atoms with Gasteiger partial charge in [-0.25, -0.2) is 0 Å². The maximum absolute atomic E-state index is 6.33. The highest BCUT2D eigenvalue weighted by molar-refractivity contribution is 9.10. The average Bonchev–Trinajstić information content (AvgIpc) is 2.40. The van der Waals surface area contributed by atoms with E-state index in [9.17, 15) is 0 Å². The van der Waals surface area contributed by atoms with Gasteiger partial charge < -0.3 is 0 Å². The summed E-state index contributed by atoms with van der Waals surface area (Å²) < 4.78 is 1.78. The molecule has 14 heavy (non-hydrogen) atoms. The summed E-state index contributed by atoms with van der Waals surface area (Å²) in [5.41, 5.74) is 0. The molecule has 0 radical (unpaired) electrons. The van der Waals surface area contributed by atoms with Crippen LogP contribution in [-0.4, -0.2) is 0 Å². The van der Waals surface area contributed by atoms with Crippen molar-refractivity contribution in [3.63, 3.8) is 0 Å². The second-order valence-electron chi connectivity index (χ2n) is 3.77. The molecule has 0 saturated heterocycles. The molecule has 0 amide bonds. The molecule has 0 aromatic carbocycles. The summed E-state index contributed by atoms with van der Waals surface area (Å²) in [5, 5.41) is 0.147. The van der Waals surface area contributed by atoms with Crippen molar-refractivity contribution < 1.29 is 0 Å². The van der Waals surface area contributed by atoms with Crippen LogP contribution in [0.25, 0.3) is 0 Å². The topological polar surface area (TPSA) is 0 Å². The largest absolute Gasteiger partial charge is 0.126 e. The lowest BCUT2D eigenvalue weighted by atomic mass is 9.82. The highest BCUT2D eigenvalue weighted by Gasteiger charge is 2.23. The van der Waals surface area contributed by atoms with E-state index in [1.807, 2.05) is 6.07 Å². The zero-order chi connectivity index (χ0) is 10.1. The SMILES string of the molecule is Clc1sc(C(Cl)CC2CCC2)cc1Br. The van der Waals surface area contributed by atoms with Crippen molar-refractivity contribution in [1.82, 2.24) is 0 Å². The van der Waals surface area contributed by atoms with E-state index in [0.29, 0.717) is 0 Å². The van der Waals surface area contributed by atoms with Crippen LogP contribution in [0.1, 0.15) is 35.9 Å². The molecule has 2 rings (SSSR count). The fourth-order valence-electron chi connectivity index (χ4n) is 1.65. The number of halogens is 3. The summed E-state index contributed by atoms with van der Waals surface area (Å²) in [6.45, 7) is 0. The van der Waals surface area contributed by atoms with E-state index in [1.165, 1.54) is 24.1 Å². The van der Waals surface area contributed by atoms with E-state index in [1.54, 1.807) is 11.3 Å². The normalized spacial score (nSPS) is 19.4. The minimum Gasteiger partial charge on any atom is -0.126 e. The molecule has 0 bridgehead atoms. The Bertz CT molecular complexity index is 300. The van der Waals surface area contributed by atoms with E-state index in [4.69, 9.17) is 23.2 Å². The third kappa shape index (κ3) is 2.46.